The number of rotatable bonds is 13. The van der Waals surface area contributed by atoms with E-state index >= 15 is 0 Å². The number of nitrogens with zero attached hydrogens (tertiary/aromatic N) is 1. The molecular formula is C33H46N6O6. The van der Waals surface area contributed by atoms with Crippen molar-refractivity contribution < 1.29 is 28.7 Å². The lowest BCUT2D eigenvalue weighted by Crippen LogP contribution is -2.59. The Morgan fingerprint density at radius 1 is 1.00 bits per heavy atom. The molecule has 3 rings (SSSR count). The van der Waals surface area contributed by atoms with E-state index in [1.54, 1.807) is 26.1 Å². The van der Waals surface area contributed by atoms with E-state index < -0.39 is 53.3 Å². The van der Waals surface area contributed by atoms with Crippen LogP contribution in [-0.4, -0.2) is 85.4 Å². The van der Waals surface area contributed by atoms with Gasteiger partial charge in [-0.1, -0.05) is 68.8 Å². The SMILES string of the molecule is CN[C@@H](C)C(=O)N[C@H](C(=O)N1C[C@@H](NC(=O)c2ccc(C)cc2)C[C@H]1C(=O)N[C@H](COCC(N)=O)c1ccccc1)C(C)(C)C. The zero-order valence-corrected chi connectivity index (χ0v) is 26.9. The van der Waals surface area contributed by atoms with E-state index in [1.165, 1.54) is 4.90 Å². The molecule has 1 heterocycles. The van der Waals surface area contributed by atoms with Gasteiger partial charge in [0.05, 0.1) is 18.7 Å². The van der Waals surface area contributed by atoms with Crippen molar-refractivity contribution in [2.75, 3.05) is 26.8 Å². The number of primary amides is 1. The quantitative estimate of drug-likeness (QED) is 0.223. The molecule has 0 spiro atoms. The summed E-state index contributed by atoms with van der Waals surface area (Å²) in [5.41, 5.74) is 6.75. The van der Waals surface area contributed by atoms with Gasteiger partial charge in [-0.05, 0) is 50.4 Å². The van der Waals surface area contributed by atoms with E-state index in [4.69, 9.17) is 10.5 Å². The van der Waals surface area contributed by atoms with Crippen molar-refractivity contribution in [3.8, 4) is 0 Å². The maximum atomic E-state index is 14.2. The monoisotopic (exact) mass is 622 g/mol. The topological polar surface area (TPSA) is 172 Å². The molecule has 0 unspecified atom stereocenters. The molecule has 2 aromatic carbocycles. The van der Waals surface area contributed by atoms with Crippen molar-refractivity contribution in [2.45, 2.75) is 71.2 Å². The van der Waals surface area contributed by atoms with Crippen LogP contribution in [0.15, 0.2) is 54.6 Å². The molecule has 0 bridgehead atoms. The molecule has 0 radical (unpaired) electrons. The molecule has 1 aliphatic heterocycles. The highest BCUT2D eigenvalue weighted by Gasteiger charge is 2.45. The number of nitrogens with two attached hydrogens (primary N) is 1. The van der Waals surface area contributed by atoms with Crippen LogP contribution in [0.2, 0.25) is 0 Å². The molecule has 12 nitrogen and oxygen atoms in total. The Labute approximate surface area is 264 Å². The molecule has 5 atom stereocenters. The number of carbonyl (C=O) groups excluding carboxylic acids is 5. The molecule has 6 N–H and O–H groups in total. The number of nitrogens with one attached hydrogen (secondary N) is 4. The minimum atomic E-state index is -0.966. The molecule has 1 fully saturated rings. The Morgan fingerprint density at radius 2 is 1.64 bits per heavy atom. The first kappa shape index (κ1) is 35.2. The number of aryl methyl sites for hydroxylation is 1. The van der Waals surface area contributed by atoms with Crippen LogP contribution in [0.5, 0.6) is 0 Å². The maximum absolute atomic E-state index is 14.2. The Balaban J connectivity index is 1.91. The van der Waals surface area contributed by atoms with Crippen LogP contribution in [0.1, 0.15) is 61.6 Å². The second-order valence-electron chi connectivity index (χ2n) is 12.5. The van der Waals surface area contributed by atoms with Gasteiger partial charge in [0.1, 0.15) is 18.7 Å². The van der Waals surface area contributed by atoms with Gasteiger partial charge in [-0.3, -0.25) is 24.0 Å². The second kappa shape index (κ2) is 15.6. The third kappa shape index (κ3) is 9.85. The highest BCUT2D eigenvalue weighted by molar-refractivity contribution is 5.96. The van der Waals surface area contributed by atoms with Crippen molar-refractivity contribution in [2.24, 2.45) is 11.1 Å². The first-order valence-corrected chi connectivity index (χ1v) is 15.1. The highest BCUT2D eigenvalue weighted by atomic mass is 16.5. The molecule has 45 heavy (non-hydrogen) atoms. The Hall–Kier alpha value is -4.29. The van der Waals surface area contributed by atoms with Gasteiger partial charge in [-0.25, -0.2) is 0 Å². The van der Waals surface area contributed by atoms with Crippen LogP contribution < -0.4 is 27.0 Å². The summed E-state index contributed by atoms with van der Waals surface area (Å²) in [5, 5.41) is 11.7. The summed E-state index contributed by atoms with van der Waals surface area (Å²) in [6, 6.07) is 12.6. The summed E-state index contributed by atoms with van der Waals surface area (Å²) in [5.74, 6) is -2.22. The molecule has 12 heteroatoms. The van der Waals surface area contributed by atoms with Gasteiger partial charge in [0, 0.05) is 18.2 Å². The largest absolute Gasteiger partial charge is 0.369 e. The molecule has 0 aromatic heterocycles. The van der Waals surface area contributed by atoms with Gasteiger partial charge in [0.25, 0.3) is 5.91 Å². The average molecular weight is 623 g/mol. The van der Waals surface area contributed by atoms with Crippen molar-refractivity contribution >= 4 is 29.5 Å². The average Bonchev–Trinajstić information content (AvgIpc) is 3.42. The van der Waals surface area contributed by atoms with Crippen LogP contribution in [0.25, 0.3) is 0 Å². The lowest BCUT2D eigenvalue weighted by molar-refractivity contribution is -0.144. The summed E-state index contributed by atoms with van der Waals surface area (Å²) < 4.78 is 5.46. The van der Waals surface area contributed by atoms with Gasteiger partial charge in [-0.2, -0.15) is 0 Å². The first-order valence-electron chi connectivity index (χ1n) is 15.1. The fourth-order valence-corrected chi connectivity index (χ4v) is 5.07. The number of amides is 5. The van der Waals surface area contributed by atoms with E-state index in [2.05, 4.69) is 21.3 Å². The van der Waals surface area contributed by atoms with E-state index in [1.807, 2.05) is 70.2 Å². The maximum Gasteiger partial charge on any atom is 0.251 e. The van der Waals surface area contributed by atoms with Crippen LogP contribution in [0.4, 0.5) is 0 Å². The van der Waals surface area contributed by atoms with Crippen LogP contribution in [0.3, 0.4) is 0 Å². The normalized spacial score (nSPS) is 18.4. The predicted octanol–water partition coefficient (Wildman–Crippen LogP) is 1.19. The van der Waals surface area contributed by atoms with Gasteiger partial charge in [0.15, 0.2) is 0 Å². The molecule has 1 saturated heterocycles. The lowest BCUT2D eigenvalue weighted by Gasteiger charge is -2.36. The van der Waals surface area contributed by atoms with Crippen molar-refractivity contribution in [1.82, 2.24) is 26.2 Å². The zero-order chi connectivity index (χ0) is 33.3. The van der Waals surface area contributed by atoms with Crippen molar-refractivity contribution in [1.29, 1.82) is 0 Å². The van der Waals surface area contributed by atoms with Gasteiger partial charge >= 0.3 is 0 Å². The van der Waals surface area contributed by atoms with E-state index in [-0.39, 0.29) is 38.0 Å². The summed E-state index contributed by atoms with van der Waals surface area (Å²) in [4.78, 5) is 66.9. The molecule has 1 aliphatic rings. The minimum Gasteiger partial charge on any atom is -0.369 e. The standard InChI is InChI=1S/C33H46N6O6/c1-20-12-14-23(15-13-20)30(42)36-24-16-26(31(43)37-25(18-45-19-27(34)40)22-10-8-7-9-11-22)39(17-24)32(44)28(33(3,4)5)38-29(41)21(2)35-6/h7-15,21,24-26,28,35H,16-19H2,1-6H3,(H2,34,40)(H,36,42)(H,37,43)(H,38,41)/t21-,24-,25+,26-,28+/m0/s1. The number of carbonyl (C=O) groups is 5. The van der Waals surface area contributed by atoms with Crippen LogP contribution in [0, 0.1) is 12.3 Å². The van der Waals surface area contributed by atoms with Crippen molar-refractivity contribution in [3.63, 3.8) is 0 Å². The second-order valence-corrected chi connectivity index (χ2v) is 12.5. The number of benzene rings is 2. The minimum absolute atomic E-state index is 0.0322. The number of ether oxygens (including phenoxy) is 1. The summed E-state index contributed by atoms with van der Waals surface area (Å²) in [7, 11) is 1.65. The number of likely N-dealkylation sites (N-methyl/N-ethyl adjacent to an activating group) is 1. The van der Waals surface area contributed by atoms with Gasteiger partial charge in [-0.15, -0.1) is 0 Å². The van der Waals surface area contributed by atoms with Gasteiger partial charge < -0.3 is 36.6 Å². The van der Waals surface area contributed by atoms with Crippen molar-refractivity contribution in [3.05, 3.63) is 71.3 Å². The predicted molar refractivity (Wildman–Crippen MR) is 170 cm³/mol. The number of likely N-dealkylation sites (tertiary alicyclic amines) is 1. The highest BCUT2D eigenvalue weighted by Crippen LogP contribution is 2.27. The van der Waals surface area contributed by atoms with Gasteiger partial charge in [0.2, 0.25) is 23.6 Å². The van der Waals surface area contributed by atoms with Crippen LogP contribution >= 0.6 is 0 Å². The van der Waals surface area contributed by atoms with E-state index in [9.17, 15) is 24.0 Å². The summed E-state index contributed by atoms with van der Waals surface area (Å²) in [6.07, 6.45) is 0.149. The number of hydrogen-bond donors (Lipinski definition) is 5. The summed E-state index contributed by atoms with van der Waals surface area (Å²) >= 11 is 0. The van der Waals surface area contributed by atoms with E-state index in [0.29, 0.717) is 5.56 Å². The number of hydrogen-bond acceptors (Lipinski definition) is 7. The van der Waals surface area contributed by atoms with E-state index in [0.717, 1.165) is 11.1 Å². The molecular weight excluding hydrogens is 576 g/mol. The Kier molecular flexibility index (Phi) is 12.2. The summed E-state index contributed by atoms with van der Waals surface area (Å²) in [6.45, 7) is 8.83. The Bertz CT molecular complexity index is 1340. The fraction of sp³-hybridized carbons (Fsp3) is 0.485. The molecule has 2 aromatic rings. The third-order valence-electron chi connectivity index (χ3n) is 7.81. The molecule has 0 saturated carbocycles. The molecule has 0 aliphatic carbocycles. The molecule has 244 valence electrons. The first-order chi connectivity index (χ1) is 21.2. The van der Waals surface area contributed by atoms with Crippen LogP contribution in [-0.2, 0) is 23.9 Å². The molecule has 5 amide bonds. The fourth-order valence-electron chi connectivity index (χ4n) is 5.07. The lowest BCUT2D eigenvalue weighted by atomic mass is 9.85. The third-order valence-corrected chi connectivity index (χ3v) is 7.81. The Morgan fingerprint density at radius 3 is 2.22 bits per heavy atom. The zero-order valence-electron chi connectivity index (χ0n) is 26.9. The smallest absolute Gasteiger partial charge is 0.251 e.